The van der Waals surface area contributed by atoms with E-state index in [2.05, 4.69) is 15.3 Å². The Kier molecular flexibility index (Phi) is 4.08. The Morgan fingerprint density at radius 1 is 1.27 bits per heavy atom. The van der Waals surface area contributed by atoms with Crippen LogP contribution in [0.15, 0.2) is 42.7 Å². The molecule has 0 spiro atoms. The predicted molar refractivity (Wildman–Crippen MR) is 81.5 cm³/mol. The molecule has 1 aliphatic rings. The third-order valence-corrected chi connectivity index (χ3v) is 3.66. The molecule has 110 valence electrons. The maximum atomic E-state index is 12.3. The van der Waals surface area contributed by atoms with Crippen molar-refractivity contribution in [2.75, 3.05) is 18.0 Å². The molecule has 1 N–H and O–H groups in total. The van der Waals surface area contributed by atoms with Gasteiger partial charge < -0.3 is 5.32 Å². The number of aromatic nitrogens is 2. The van der Waals surface area contributed by atoms with Gasteiger partial charge in [0, 0.05) is 12.1 Å². The number of anilines is 1. The normalized spacial score (nSPS) is 17.0. The number of carbonyl (C=O) groups is 1. The quantitative estimate of drug-likeness (QED) is 0.686. The molecule has 22 heavy (non-hydrogen) atoms. The molecule has 1 atom stereocenters. The first kappa shape index (κ1) is 14.2. The van der Waals surface area contributed by atoms with Gasteiger partial charge in [0.05, 0.1) is 24.0 Å². The van der Waals surface area contributed by atoms with Gasteiger partial charge in [0.25, 0.3) is 0 Å². The van der Waals surface area contributed by atoms with Crippen molar-refractivity contribution >= 4 is 11.6 Å². The van der Waals surface area contributed by atoms with Crippen LogP contribution in [0.4, 0.5) is 5.69 Å². The van der Waals surface area contributed by atoms with Gasteiger partial charge in [-0.2, -0.15) is 5.26 Å². The van der Waals surface area contributed by atoms with E-state index < -0.39 is 0 Å². The van der Waals surface area contributed by atoms with E-state index in [-0.39, 0.29) is 11.8 Å². The first-order chi connectivity index (χ1) is 10.8. The van der Waals surface area contributed by atoms with Crippen LogP contribution in [0.1, 0.15) is 6.42 Å². The maximum Gasteiger partial charge on any atom is 0.244 e. The van der Waals surface area contributed by atoms with E-state index in [0.29, 0.717) is 18.1 Å². The molecule has 1 fully saturated rings. The van der Waals surface area contributed by atoms with Gasteiger partial charge in [0.1, 0.15) is 0 Å². The van der Waals surface area contributed by atoms with Crippen molar-refractivity contribution in [1.29, 1.82) is 5.26 Å². The first-order valence-electron chi connectivity index (χ1n) is 7.11. The number of nitriles is 1. The second-order valence-electron chi connectivity index (χ2n) is 5.09. The lowest BCUT2D eigenvalue weighted by Gasteiger charge is -2.16. The van der Waals surface area contributed by atoms with Gasteiger partial charge in [0.15, 0.2) is 12.0 Å². The third-order valence-electron chi connectivity index (χ3n) is 3.66. The lowest BCUT2D eigenvalue weighted by molar-refractivity contribution is -0.121. The lowest BCUT2D eigenvalue weighted by atomic mass is 10.1. The van der Waals surface area contributed by atoms with Crippen molar-refractivity contribution in [2.24, 2.45) is 5.92 Å². The van der Waals surface area contributed by atoms with E-state index >= 15 is 0 Å². The molecule has 1 unspecified atom stereocenters. The third kappa shape index (κ3) is 2.80. The van der Waals surface area contributed by atoms with Gasteiger partial charge in [-0.3, -0.25) is 4.79 Å². The van der Waals surface area contributed by atoms with Crippen LogP contribution in [0.25, 0.3) is 11.4 Å². The van der Waals surface area contributed by atoms with E-state index in [9.17, 15) is 10.1 Å². The molecule has 1 aromatic carbocycles. The Bertz CT molecular complexity index is 687. The molecule has 1 amide bonds. The summed E-state index contributed by atoms with van der Waals surface area (Å²) in [5.41, 5.74) is 1.29. The van der Waals surface area contributed by atoms with Gasteiger partial charge >= 0.3 is 0 Å². The SMILES string of the molecule is N#CN(C(=O)C1CCNC1)c1cnc(-c2ccccc2)nc1. The first-order valence-corrected chi connectivity index (χ1v) is 7.11. The number of carbonyl (C=O) groups excluding carboxylic acids is 1. The second kappa shape index (κ2) is 6.33. The molecule has 0 saturated carbocycles. The van der Waals surface area contributed by atoms with Gasteiger partial charge in [-0.25, -0.2) is 14.9 Å². The van der Waals surface area contributed by atoms with Crippen LogP contribution in [-0.4, -0.2) is 29.0 Å². The van der Waals surface area contributed by atoms with E-state index in [1.807, 2.05) is 36.5 Å². The summed E-state index contributed by atoms with van der Waals surface area (Å²) in [5.74, 6) is 0.203. The van der Waals surface area contributed by atoms with Crippen LogP contribution in [-0.2, 0) is 4.79 Å². The Morgan fingerprint density at radius 3 is 2.59 bits per heavy atom. The van der Waals surface area contributed by atoms with Crippen molar-refractivity contribution in [1.82, 2.24) is 15.3 Å². The molecule has 2 heterocycles. The Labute approximate surface area is 128 Å². The van der Waals surface area contributed by atoms with Crippen LogP contribution in [0.3, 0.4) is 0 Å². The van der Waals surface area contributed by atoms with Gasteiger partial charge in [-0.05, 0) is 13.0 Å². The Morgan fingerprint density at radius 2 is 2.00 bits per heavy atom. The smallest absolute Gasteiger partial charge is 0.244 e. The minimum Gasteiger partial charge on any atom is -0.316 e. The van der Waals surface area contributed by atoms with Crippen LogP contribution in [0, 0.1) is 17.4 Å². The molecule has 0 aliphatic carbocycles. The molecule has 0 radical (unpaired) electrons. The Balaban J connectivity index is 1.82. The zero-order chi connectivity index (χ0) is 15.4. The summed E-state index contributed by atoms with van der Waals surface area (Å²) >= 11 is 0. The van der Waals surface area contributed by atoms with Crippen molar-refractivity contribution in [2.45, 2.75) is 6.42 Å². The van der Waals surface area contributed by atoms with Crippen LogP contribution in [0.2, 0.25) is 0 Å². The molecule has 1 aromatic heterocycles. The fraction of sp³-hybridized carbons (Fsp3) is 0.250. The average Bonchev–Trinajstić information content (AvgIpc) is 3.11. The van der Waals surface area contributed by atoms with Crippen molar-refractivity contribution in [3.05, 3.63) is 42.7 Å². The summed E-state index contributed by atoms with van der Waals surface area (Å²) in [4.78, 5) is 21.9. The molecule has 6 nitrogen and oxygen atoms in total. The van der Waals surface area contributed by atoms with Crippen molar-refractivity contribution in [3.8, 4) is 17.6 Å². The van der Waals surface area contributed by atoms with Crippen molar-refractivity contribution in [3.63, 3.8) is 0 Å². The Hall–Kier alpha value is -2.78. The standard InChI is InChI=1S/C16H15N5O/c17-11-21(16(22)13-6-7-18-8-13)14-9-19-15(20-10-14)12-4-2-1-3-5-12/h1-5,9-10,13,18H,6-8H2. The van der Waals surface area contributed by atoms with Gasteiger partial charge in [-0.15, -0.1) is 0 Å². The van der Waals surface area contributed by atoms with E-state index in [4.69, 9.17) is 0 Å². The highest BCUT2D eigenvalue weighted by Gasteiger charge is 2.28. The topological polar surface area (TPSA) is 81.9 Å². The number of hydrogen-bond donors (Lipinski definition) is 1. The molecular formula is C16H15N5O. The zero-order valence-corrected chi connectivity index (χ0v) is 11.9. The minimum absolute atomic E-state index is 0.159. The monoisotopic (exact) mass is 293 g/mol. The molecule has 3 rings (SSSR count). The summed E-state index contributed by atoms with van der Waals surface area (Å²) in [6, 6.07) is 9.55. The highest BCUT2D eigenvalue weighted by Crippen LogP contribution is 2.20. The number of benzene rings is 1. The van der Waals surface area contributed by atoms with Crippen LogP contribution < -0.4 is 10.2 Å². The highest BCUT2D eigenvalue weighted by atomic mass is 16.2. The molecule has 1 saturated heterocycles. The molecule has 1 aliphatic heterocycles. The minimum atomic E-state index is -0.205. The van der Waals surface area contributed by atoms with E-state index in [1.54, 1.807) is 0 Å². The number of nitrogens with zero attached hydrogens (tertiary/aromatic N) is 4. The summed E-state index contributed by atoms with van der Waals surface area (Å²) in [6.07, 6.45) is 5.71. The summed E-state index contributed by atoms with van der Waals surface area (Å²) < 4.78 is 0. The van der Waals surface area contributed by atoms with Crippen molar-refractivity contribution < 1.29 is 4.79 Å². The fourth-order valence-corrected chi connectivity index (χ4v) is 2.46. The number of hydrogen-bond acceptors (Lipinski definition) is 5. The summed E-state index contributed by atoms with van der Waals surface area (Å²) in [5, 5.41) is 12.4. The zero-order valence-electron chi connectivity index (χ0n) is 11.9. The predicted octanol–water partition coefficient (Wildman–Crippen LogP) is 1.57. The van der Waals surface area contributed by atoms with E-state index in [1.165, 1.54) is 12.4 Å². The van der Waals surface area contributed by atoms with Crippen LogP contribution in [0.5, 0.6) is 0 Å². The number of rotatable bonds is 3. The number of amides is 1. The molecule has 2 aromatic rings. The highest BCUT2D eigenvalue weighted by molar-refractivity contribution is 5.97. The molecule has 6 heteroatoms. The molecular weight excluding hydrogens is 278 g/mol. The maximum absolute atomic E-state index is 12.3. The van der Waals surface area contributed by atoms with E-state index in [0.717, 1.165) is 23.4 Å². The van der Waals surface area contributed by atoms with Crippen LogP contribution >= 0.6 is 0 Å². The average molecular weight is 293 g/mol. The largest absolute Gasteiger partial charge is 0.316 e. The molecule has 0 bridgehead atoms. The summed E-state index contributed by atoms with van der Waals surface area (Å²) in [7, 11) is 0. The summed E-state index contributed by atoms with van der Waals surface area (Å²) in [6.45, 7) is 1.42. The van der Waals surface area contributed by atoms with Gasteiger partial charge in [-0.1, -0.05) is 30.3 Å². The second-order valence-corrected chi connectivity index (χ2v) is 5.09. The fourth-order valence-electron chi connectivity index (χ4n) is 2.46. The lowest BCUT2D eigenvalue weighted by Crippen LogP contribution is -2.33. The number of nitrogens with one attached hydrogen (secondary N) is 1. The van der Waals surface area contributed by atoms with Gasteiger partial charge in [0.2, 0.25) is 5.91 Å².